The molecular weight excluding hydrogens is 300 g/mol. The Morgan fingerprint density at radius 3 is 2.52 bits per heavy atom. The zero-order valence-electron chi connectivity index (χ0n) is 12.8. The summed E-state index contributed by atoms with van der Waals surface area (Å²) >= 11 is 0. The first-order chi connectivity index (χ1) is 11.1. The fourth-order valence-corrected chi connectivity index (χ4v) is 3.18. The summed E-state index contributed by atoms with van der Waals surface area (Å²) in [4.78, 5) is 24.8. The quantitative estimate of drug-likeness (QED) is 0.623. The fraction of sp³-hybridized carbons (Fsp3) is 0.562. The van der Waals surface area contributed by atoms with E-state index in [1.807, 2.05) is 0 Å². The van der Waals surface area contributed by atoms with Gasteiger partial charge in [0.15, 0.2) is 6.29 Å². The van der Waals surface area contributed by atoms with E-state index in [0.29, 0.717) is 37.8 Å². The van der Waals surface area contributed by atoms with Crippen molar-refractivity contribution in [2.24, 2.45) is 5.92 Å². The van der Waals surface area contributed by atoms with Crippen molar-refractivity contribution in [1.82, 2.24) is 4.90 Å². The second-order valence-electron chi connectivity index (χ2n) is 5.89. The monoisotopic (exact) mass is 320 g/mol. The minimum Gasteiger partial charge on any atom is -0.350 e. The van der Waals surface area contributed by atoms with Gasteiger partial charge in [-0.05, 0) is 12.8 Å². The molecular formula is C16H20N2O5. The number of carbonyl (C=O) groups excluding carboxylic acids is 1. The Labute approximate surface area is 134 Å². The van der Waals surface area contributed by atoms with Crippen molar-refractivity contribution in [2.45, 2.75) is 25.6 Å². The van der Waals surface area contributed by atoms with Crippen LogP contribution in [-0.4, -0.2) is 48.3 Å². The van der Waals surface area contributed by atoms with Gasteiger partial charge in [0.2, 0.25) is 5.91 Å². The molecule has 0 aromatic heterocycles. The van der Waals surface area contributed by atoms with Crippen LogP contribution < -0.4 is 0 Å². The van der Waals surface area contributed by atoms with Gasteiger partial charge in [0.25, 0.3) is 5.69 Å². The Morgan fingerprint density at radius 1 is 1.22 bits per heavy atom. The number of nitro groups is 1. The van der Waals surface area contributed by atoms with E-state index in [4.69, 9.17) is 9.47 Å². The van der Waals surface area contributed by atoms with Crippen LogP contribution >= 0.6 is 0 Å². The van der Waals surface area contributed by atoms with E-state index in [9.17, 15) is 14.9 Å². The normalized spacial score (nSPS) is 19.9. The second kappa shape index (κ2) is 7.06. The topological polar surface area (TPSA) is 81.9 Å². The van der Waals surface area contributed by atoms with Crippen molar-refractivity contribution in [3.05, 3.63) is 39.9 Å². The van der Waals surface area contributed by atoms with Gasteiger partial charge in [-0.2, -0.15) is 0 Å². The summed E-state index contributed by atoms with van der Waals surface area (Å²) in [5, 5.41) is 11.0. The van der Waals surface area contributed by atoms with E-state index in [-0.39, 0.29) is 24.3 Å². The van der Waals surface area contributed by atoms with E-state index in [1.165, 1.54) is 6.07 Å². The predicted molar refractivity (Wildman–Crippen MR) is 81.8 cm³/mol. The molecule has 7 nitrogen and oxygen atoms in total. The van der Waals surface area contributed by atoms with Crippen LogP contribution in [0.5, 0.6) is 0 Å². The van der Waals surface area contributed by atoms with Crippen LogP contribution in [0, 0.1) is 16.0 Å². The van der Waals surface area contributed by atoms with Crippen molar-refractivity contribution in [3.63, 3.8) is 0 Å². The molecule has 23 heavy (non-hydrogen) atoms. The highest BCUT2D eigenvalue weighted by molar-refractivity contribution is 5.80. The molecule has 2 heterocycles. The van der Waals surface area contributed by atoms with Gasteiger partial charge < -0.3 is 14.4 Å². The van der Waals surface area contributed by atoms with Crippen LogP contribution in [0.25, 0.3) is 0 Å². The van der Waals surface area contributed by atoms with Gasteiger partial charge in [-0.1, -0.05) is 18.2 Å². The molecule has 124 valence electrons. The second-order valence-corrected chi connectivity index (χ2v) is 5.89. The molecule has 0 N–H and O–H groups in total. The van der Waals surface area contributed by atoms with Gasteiger partial charge in [0.05, 0.1) is 24.6 Å². The van der Waals surface area contributed by atoms with Crippen LogP contribution in [0.3, 0.4) is 0 Å². The minimum absolute atomic E-state index is 0.00323. The van der Waals surface area contributed by atoms with Gasteiger partial charge in [-0.25, -0.2) is 0 Å². The van der Waals surface area contributed by atoms with Crippen LogP contribution in [0.2, 0.25) is 0 Å². The standard InChI is InChI=1S/C16H20N2O5/c19-15(11-13-3-1-2-4-14(13)18(20)21)17-7-5-12(6-8-17)16-22-9-10-23-16/h1-4,12,16H,5-11H2. The highest BCUT2D eigenvalue weighted by Gasteiger charge is 2.32. The zero-order valence-corrected chi connectivity index (χ0v) is 12.8. The van der Waals surface area contributed by atoms with Gasteiger partial charge >= 0.3 is 0 Å². The number of hydrogen-bond donors (Lipinski definition) is 0. The first-order valence-electron chi connectivity index (χ1n) is 7.88. The maximum atomic E-state index is 12.4. The van der Waals surface area contributed by atoms with Gasteiger partial charge in [0, 0.05) is 30.6 Å². The average molecular weight is 320 g/mol. The third-order valence-electron chi connectivity index (χ3n) is 4.45. The zero-order chi connectivity index (χ0) is 16.2. The van der Waals surface area contributed by atoms with Crippen LogP contribution in [-0.2, 0) is 20.7 Å². The van der Waals surface area contributed by atoms with Crippen molar-refractivity contribution < 1.29 is 19.2 Å². The number of likely N-dealkylation sites (tertiary alicyclic amines) is 1. The number of piperidine rings is 1. The maximum Gasteiger partial charge on any atom is 0.273 e. The van der Waals surface area contributed by atoms with Crippen molar-refractivity contribution in [1.29, 1.82) is 0 Å². The van der Waals surface area contributed by atoms with Crippen molar-refractivity contribution in [2.75, 3.05) is 26.3 Å². The number of ether oxygens (including phenoxy) is 2. The number of nitro benzene ring substituents is 1. The van der Waals surface area contributed by atoms with Crippen LogP contribution in [0.15, 0.2) is 24.3 Å². The minimum atomic E-state index is -0.441. The third kappa shape index (κ3) is 3.68. The van der Waals surface area contributed by atoms with E-state index in [2.05, 4.69) is 0 Å². The molecule has 1 aromatic carbocycles. The van der Waals surface area contributed by atoms with E-state index in [0.717, 1.165) is 12.8 Å². The van der Waals surface area contributed by atoms with E-state index in [1.54, 1.807) is 23.1 Å². The van der Waals surface area contributed by atoms with Crippen molar-refractivity contribution >= 4 is 11.6 Å². The summed E-state index contributed by atoms with van der Waals surface area (Å²) in [5.41, 5.74) is 0.468. The molecule has 0 spiro atoms. The van der Waals surface area contributed by atoms with Gasteiger partial charge in [-0.15, -0.1) is 0 Å². The first-order valence-corrected chi connectivity index (χ1v) is 7.88. The average Bonchev–Trinajstić information content (AvgIpc) is 3.10. The molecule has 0 saturated carbocycles. The number of rotatable bonds is 4. The Bertz CT molecular complexity index is 578. The molecule has 1 amide bonds. The molecule has 3 rings (SSSR count). The number of benzene rings is 1. The summed E-state index contributed by atoms with van der Waals surface area (Å²) in [6.07, 6.45) is 1.61. The molecule has 0 atom stereocenters. The lowest BCUT2D eigenvalue weighted by atomic mass is 9.95. The molecule has 7 heteroatoms. The van der Waals surface area contributed by atoms with Gasteiger partial charge in [0.1, 0.15) is 0 Å². The Morgan fingerprint density at radius 2 is 1.87 bits per heavy atom. The fourth-order valence-electron chi connectivity index (χ4n) is 3.18. The number of amides is 1. The molecule has 0 bridgehead atoms. The number of hydrogen-bond acceptors (Lipinski definition) is 5. The molecule has 2 aliphatic rings. The van der Waals surface area contributed by atoms with Crippen molar-refractivity contribution in [3.8, 4) is 0 Å². The lowest BCUT2D eigenvalue weighted by Crippen LogP contribution is -2.42. The molecule has 0 aliphatic carbocycles. The highest BCUT2D eigenvalue weighted by atomic mass is 16.7. The molecule has 2 aliphatic heterocycles. The smallest absolute Gasteiger partial charge is 0.273 e. The van der Waals surface area contributed by atoms with Gasteiger partial charge in [-0.3, -0.25) is 14.9 Å². The lowest BCUT2D eigenvalue weighted by Gasteiger charge is -2.33. The summed E-state index contributed by atoms with van der Waals surface area (Å²) in [5.74, 6) is 0.263. The molecule has 2 fully saturated rings. The predicted octanol–water partition coefficient (Wildman–Crippen LogP) is 1.75. The lowest BCUT2D eigenvalue weighted by molar-refractivity contribution is -0.385. The summed E-state index contributed by atoms with van der Waals surface area (Å²) in [6.45, 7) is 2.57. The van der Waals surface area contributed by atoms with E-state index >= 15 is 0 Å². The van der Waals surface area contributed by atoms with E-state index < -0.39 is 4.92 Å². The Hall–Kier alpha value is -1.99. The highest BCUT2D eigenvalue weighted by Crippen LogP contribution is 2.26. The molecule has 2 saturated heterocycles. The molecule has 1 aromatic rings. The molecule has 0 unspecified atom stereocenters. The Kier molecular flexibility index (Phi) is 4.88. The summed E-state index contributed by atoms with van der Waals surface area (Å²) in [6, 6.07) is 6.41. The van der Waals surface area contributed by atoms with Crippen LogP contribution in [0.1, 0.15) is 18.4 Å². The first kappa shape index (κ1) is 15.9. The maximum absolute atomic E-state index is 12.4. The molecule has 0 radical (unpaired) electrons. The number of nitrogens with zero attached hydrogens (tertiary/aromatic N) is 2. The Balaban J connectivity index is 1.56. The largest absolute Gasteiger partial charge is 0.350 e. The number of para-hydroxylation sites is 1. The van der Waals surface area contributed by atoms with Crippen LogP contribution in [0.4, 0.5) is 5.69 Å². The SMILES string of the molecule is O=C(Cc1ccccc1[N+](=O)[O-])N1CCC(C2OCCO2)CC1. The number of carbonyl (C=O) groups is 1. The summed E-state index contributed by atoms with van der Waals surface area (Å²) < 4.78 is 11.1. The summed E-state index contributed by atoms with van der Waals surface area (Å²) in [7, 11) is 0. The third-order valence-corrected chi connectivity index (χ3v) is 4.45.